The highest BCUT2D eigenvalue weighted by atomic mass is 16.2. The second-order valence-electron chi connectivity index (χ2n) is 7.47. The van der Waals surface area contributed by atoms with Gasteiger partial charge in [-0.05, 0) is 43.5 Å². The number of rotatable bonds is 9. The highest BCUT2D eigenvalue weighted by Crippen LogP contribution is 2.11. The monoisotopic (exact) mass is 381 g/mol. The molecular weight excluding hydrogens is 350 g/mol. The predicted molar refractivity (Wildman–Crippen MR) is 115 cm³/mol. The summed E-state index contributed by atoms with van der Waals surface area (Å²) in [5.74, 6) is -0.361. The van der Waals surface area contributed by atoms with Crippen molar-refractivity contribution >= 4 is 17.5 Å². The lowest BCUT2D eigenvalue weighted by Crippen LogP contribution is -2.50. The van der Waals surface area contributed by atoms with Crippen LogP contribution in [0.15, 0.2) is 54.6 Å². The SMILES string of the molecule is Cc1cccc(C(=O)N[C@@H](C(=O)NCCCN(C)c2ccccc2)C(C)C)c1. The van der Waals surface area contributed by atoms with E-state index in [1.165, 1.54) is 0 Å². The van der Waals surface area contributed by atoms with Gasteiger partial charge in [-0.3, -0.25) is 9.59 Å². The lowest BCUT2D eigenvalue weighted by atomic mass is 10.0. The van der Waals surface area contributed by atoms with Gasteiger partial charge in [0.15, 0.2) is 0 Å². The number of amides is 2. The number of aryl methyl sites for hydroxylation is 1. The number of carbonyl (C=O) groups excluding carboxylic acids is 2. The highest BCUT2D eigenvalue weighted by Gasteiger charge is 2.24. The molecule has 1 atom stereocenters. The molecule has 0 heterocycles. The number of nitrogens with one attached hydrogen (secondary N) is 2. The van der Waals surface area contributed by atoms with Crippen LogP contribution in [0.5, 0.6) is 0 Å². The molecule has 0 saturated carbocycles. The molecule has 28 heavy (non-hydrogen) atoms. The van der Waals surface area contributed by atoms with Gasteiger partial charge in [0.2, 0.25) is 5.91 Å². The van der Waals surface area contributed by atoms with Crippen LogP contribution >= 0.6 is 0 Å². The number of para-hydroxylation sites is 1. The minimum Gasteiger partial charge on any atom is -0.375 e. The smallest absolute Gasteiger partial charge is 0.251 e. The third kappa shape index (κ3) is 6.41. The third-order valence-electron chi connectivity index (χ3n) is 4.68. The van der Waals surface area contributed by atoms with Crippen LogP contribution in [0.2, 0.25) is 0 Å². The molecule has 0 bridgehead atoms. The number of anilines is 1. The Morgan fingerprint density at radius 2 is 1.75 bits per heavy atom. The van der Waals surface area contributed by atoms with Crippen molar-refractivity contribution in [1.82, 2.24) is 10.6 Å². The Morgan fingerprint density at radius 3 is 2.39 bits per heavy atom. The van der Waals surface area contributed by atoms with Crippen LogP contribution in [0.4, 0.5) is 5.69 Å². The molecule has 2 N–H and O–H groups in total. The summed E-state index contributed by atoms with van der Waals surface area (Å²) in [5.41, 5.74) is 2.74. The largest absolute Gasteiger partial charge is 0.375 e. The molecule has 5 nitrogen and oxygen atoms in total. The fourth-order valence-corrected chi connectivity index (χ4v) is 3.00. The summed E-state index contributed by atoms with van der Waals surface area (Å²) >= 11 is 0. The molecule has 0 aliphatic rings. The minimum atomic E-state index is -0.556. The molecule has 0 saturated heterocycles. The van der Waals surface area contributed by atoms with Crippen molar-refractivity contribution in [3.63, 3.8) is 0 Å². The fraction of sp³-hybridized carbons (Fsp3) is 0.391. The van der Waals surface area contributed by atoms with Gasteiger partial charge < -0.3 is 15.5 Å². The number of nitrogens with zero attached hydrogens (tertiary/aromatic N) is 1. The van der Waals surface area contributed by atoms with Gasteiger partial charge in [0.25, 0.3) is 5.91 Å². The van der Waals surface area contributed by atoms with Crippen LogP contribution in [0.1, 0.15) is 36.2 Å². The van der Waals surface area contributed by atoms with Gasteiger partial charge in [-0.1, -0.05) is 49.7 Å². The molecule has 0 unspecified atom stereocenters. The van der Waals surface area contributed by atoms with Crippen LogP contribution < -0.4 is 15.5 Å². The zero-order valence-electron chi connectivity index (χ0n) is 17.2. The molecule has 2 aromatic rings. The van der Waals surface area contributed by atoms with Crippen molar-refractivity contribution in [2.75, 3.05) is 25.0 Å². The van der Waals surface area contributed by atoms with E-state index < -0.39 is 6.04 Å². The van der Waals surface area contributed by atoms with Crippen molar-refractivity contribution < 1.29 is 9.59 Å². The van der Waals surface area contributed by atoms with Gasteiger partial charge in [-0.2, -0.15) is 0 Å². The normalized spacial score (nSPS) is 11.8. The fourth-order valence-electron chi connectivity index (χ4n) is 3.00. The zero-order valence-corrected chi connectivity index (χ0v) is 17.2. The van der Waals surface area contributed by atoms with Gasteiger partial charge in [0.1, 0.15) is 6.04 Å². The maximum atomic E-state index is 12.6. The lowest BCUT2D eigenvalue weighted by Gasteiger charge is -2.23. The third-order valence-corrected chi connectivity index (χ3v) is 4.68. The maximum absolute atomic E-state index is 12.6. The van der Waals surface area contributed by atoms with E-state index in [2.05, 4.69) is 27.7 Å². The second kappa shape index (κ2) is 10.5. The molecule has 2 amide bonds. The Balaban J connectivity index is 1.83. The van der Waals surface area contributed by atoms with Crippen LogP contribution in [-0.2, 0) is 4.79 Å². The first-order valence-electron chi connectivity index (χ1n) is 9.80. The Kier molecular flexibility index (Phi) is 8.05. The van der Waals surface area contributed by atoms with Crippen molar-refractivity contribution in [2.45, 2.75) is 33.2 Å². The van der Waals surface area contributed by atoms with Crippen molar-refractivity contribution in [1.29, 1.82) is 0 Å². The average molecular weight is 382 g/mol. The van der Waals surface area contributed by atoms with E-state index in [1.54, 1.807) is 6.07 Å². The molecule has 0 spiro atoms. The second-order valence-corrected chi connectivity index (χ2v) is 7.47. The first-order chi connectivity index (χ1) is 13.4. The van der Waals surface area contributed by atoms with Gasteiger partial charge >= 0.3 is 0 Å². The lowest BCUT2D eigenvalue weighted by molar-refractivity contribution is -0.123. The van der Waals surface area contributed by atoms with Crippen molar-refractivity contribution in [3.8, 4) is 0 Å². The molecule has 2 aromatic carbocycles. The van der Waals surface area contributed by atoms with Gasteiger partial charge in [0.05, 0.1) is 0 Å². The van der Waals surface area contributed by atoms with Crippen molar-refractivity contribution in [3.05, 3.63) is 65.7 Å². The van der Waals surface area contributed by atoms with Crippen LogP contribution in [-0.4, -0.2) is 38.0 Å². The maximum Gasteiger partial charge on any atom is 0.251 e. The van der Waals surface area contributed by atoms with E-state index in [9.17, 15) is 9.59 Å². The van der Waals surface area contributed by atoms with E-state index in [1.807, 2.05) is 64.2 Å². The molecular formula is C23H31N3O2. The first kappa shape index (κ1) is 21.5. The summed E-state index contributed by atoms with van der Waals surface area (Å²) in [6.07, 6.45) is 0.827. The van der Waals surface area contributed by atoms with Gasteiger partial charge in [-0.25, -0.2) is 0 Å². The zero-order chi connectivity index (χ0) is 20.5. The summed E-state index contributed by atoms with van der Waals surface area (Å²) < 4.78 is 0. The molecule has 5 heteroatoms. The van der Waals surface area contributed by atoms with E-state index in [4.69, 9.17) is 0 Å². The molecule has 0 radical (unpaired) electrons. The Labute approximate surface area is 168 Å². The van der Waals surface area contributed by atoms with E-state index in [-0.39, 0.29) is 17.7 Å². The number of hydrogen-bond acceptors (Lipinski definition) is 3. The van der Waals surface area contributed by atoms with Crippen LogP contribution in [0.25, 0.3) is 0 Å². The Bertz CT molecular complexity index is 774. The molecule has 2 rings (SSSR count). The first-order valence-corrected chi connectivity index (χ1v) is 9.80. The topological polar surface area (TPSA) is 61.4 Å². The molecule has 0 aliphatic heterocycles. The van der Waals surface area contributed by atoms with E-state index in [0.717, 1.165) is 24.2 Å². The molecule has 150 valence electrons. The number of benzene rings is 2. The molecule has 0 fully saturated rings. The summed E-state index contributed by atoms with van der Waals surface area (Å²) in [6, 6.07) is 17.0. The van der Waals surface area contributed by atoms with E-state index >= 15 is 0 Å². The number of carbonyl (C=O) groups is 2. The van der Waals surface area contributed by atoms with Gasteiger partial charge in [0, 0.05) is 31.4 Å². The summed E-state index contributed by atoms with van der Waals surface area (Å²) in [6.45, 7) is 7.22. The molecule has 0 aliphatic carbocycles. The molecule has 0 aromatic heterocycles. The minimum absolute atomic E-state index is 0.000696. The standard InChI is InChI=1S/C23H31N3O2/c1-17(2)21(25-22(27)19-11-8-10-18(3)16-19)23(28)24-14-9-15-26(4)20-12-6-5-7-13-20/h5-8,10-13,16-17,21H,9,14-15H2,1-4H3,(H,24,28)(H,25,27)/t21-/m1/s1. The van der Waals surface area contributed by atoms with E-state index in [0.29, 0.717) is 12.1 Å². The Morgan fingerprint density at radius 1 is 1.04 bits per heavy atom. The van der Waals surface area contributed by atoms with Crippen molar-refractivity contribution in [2.24, 2.45) is 5.92 Å². The predicted octanol–water partition coefficient (Wildman–Crippen LogP) is 3.39. The van der Waals surface area contributed by atoms with Crippen LogP contribution in [0, 0.1) is 12.8 Å². The summed E-state index contributed by atoms with van der Waals surface area (Å²) in [4.78, 5) is 27.2. The average Bonchev–Trinajstić information content (AvgIpc) is 2.69. The van der Waals surface area contributed by atoms with Crippen LogP contribution in [0.3, 0.4) is 0 Å². The Hall–Kier alpha value is -2.82. The highest BCUT2D eigenvalue weighted by molar-refractivity contribution is 5.97. The number of hydrogen-bond donors (Lipinski definition) is 2. The summed E-state index contributed by atoms with van der Waals surface area (Å²) in [7, 11) is 2.04. The van der Waals surface area contributed by atoms with Gasteiger partial charge in [-0.15, -0.1) is 0 Å². The summed E-state index contributed by atoms with van der Waals surface area (Å²) in [5, 5.41) is 5.83. The quantitative estimate of drug-likeness (QED) is 0.655.